The molecule has 0 spiro atoms. The fourth-order valence-electron chi connectivity index (χ4n) is 2.16. The Hall–Kier alpha value is -1.87. The molecule has 1 heterocycles. The third-order valence-corrected chi connectivity index (χ3v) is 3.30. The first-order valence-corrected chi connectivity index (χ1v) is 6.53. The van der Waals surface area contributed by atoms with Crippen LogP contribution in [0.2, 0.25) is 0 Å². The zero-order valence-corrected chi connectivity index (χ0v) is 11.9. The number of aromatic nitrogens is 1. The van der Waals surface area contributed by atoms with E-state index in [-0.39, 0.29) is 0 Å². The maximum atomic E-state index is 5.72. The van der Waals surface area contributed by atoms with Crippen LogP contribution in [-0.2, 0) is 13.1 Å². The number of pyridine rings is 1. The molecular formula is C16H21N3. The molecule has 3 nitrogen and oxygen atoms in total. The van der Waals surface area contributed by atoms with Crippen molar-refractivity contribution in [2.45, 2.75) is 26.9 Å². The zero-order chi connectivity index (χ0) is 13.8. The fraction of sp³-hybridized carbons (Fsp3) is 0.312. The predicted octanol–water partition coefficient (Wildman–Crippen LogP) is 2.79. The molecule has 0 aliphatic rings. The molecule has 2 aromatic rings. The van der Waals surface area contributed by atoms with Crippen LogP contribution in [0, 0.1) is 13.8 Å². The lowest BCUT2D eigenvalue weighted by molar-refractivity contribution is 0.879. The molecule has 1 aromatic heterocycles. The topological polar surface area (TPSA) is 42.1 Å². The summed E-state index contributed by atoms with van der Waals surface area (Å²) in [5.41, 5.74) is 10.5. The van der Waals surface area contributed by atoms with Crippen LogP contribution in [0.1, 0.15) is 22.4 Å². The van der Waals surface area contributed by atoms with Gasteiger partial charge in [-0.15, -0.1) is 0 Å². The number of rotatable bonds is 4. The molecule has 0 amide bonds. The van der Waals surface area contributed by atoms with Gasteiger partial charge in [0.2, 0.25) is 0 Å². The molecule has 2 N–H and O–H groups in total. The largest absolute Gasteiger partial charge is 0.355 e. The molecular weight excluding hydrogens is 234 g/mol. The first-order valence-electron chi connectivity index (χ1n) is 6.53. The van der Waals surface area contributed by atoms with Crippen molar-refractivity contribution < 1.29 is 0 Å². The number of hydrogen-bond donors (Lipinski definition) is 1. The van der Waals surface area contributed by atoms with E-state index in [0.29, 0.717) is 6.54 Å². The van der Waals surface area contributed by atoms with Crippen LogP contribution in [-0.4, -0.2) is 12.0 Å². The van der Waals surface area contributed by atoms with Crippen molar-refractivity contribution in [1.29, 1.82) is 0 Å². The van der Waals surface area contributed by atoms with E-state index in [9.17, 15) is 0 Å². The van der Waals surface area contributed by atoms with Crippen molar-refractivity contribution in [3.05, 3.63) is 58.8 Å². The van der Waals surface area contributed by atoms with Crippen molar-refractivity contribution in [2.75, 3.05) is 11.9 Å². The summed E-state index contributed by atoms with van der Waals surface area (Å²) >= 11 is 0. The summed E-state index contributed by atoms with van der Waals surface area (Å²) in [6.45, 7) is 5.55. The molecule has 19 heavy (non-hydrogen) atoms. The first kappa shape index (κ1) is 13.6. The van der Waals surface area contributed by atoms with Crippen molar-refractivity contribution in [1.82, 2.24) is 4.98 Å². The van der Waals surface area contributed by atoms with E-state index in [1.54, 1.807) is 0 Å². The lowest BCUT2D eigenvalue weighted by atomic mass is 10.1. The van der Waals surface area contributed by atoms with Gasteiger partial charge >= 0.3 is 0 Å². The van der Waals surface area contributed by atoms with Gasteiger partial charge in [-0.05, 0) is 42.7 Å². The lowest BCUT2D eigenvalue weighted by Gasteiger charge is -2.20. The van der Waals surface area contributed by atoms with Crippen LogP contribution in [0.3, 0.4) is 0 Å². The van der Waals surface area contributed by atoms with Gasteiger partial charge in [-0.25, -0.2) is 4.98 Å². The first-order chi connectivity index (χ1) is 9.10. The van der Waals surface area contributed by atoms with Crippen LogP contribution in [0.25, 0.3) is 0 Å². The van der Waals surface area contributed by atoms with Crippen molar-refractivity contribution >= 4 is 5.82 Å². The van der Waals surface area contributed by atoms with Crippen molar-refractivity contribution in [3.63, 3.8) is 0 Å². The summed E-state index contributed by atoms with van der Waals surface area (Å²) in [7, 11) is 2.06. The second kappa shape index (κ2) is 5.85. The smallest absolute Gasteiger partial charge is 0.129 e. The van der Waals surface area contributed by atoms with E-state index in [2.05, 4.69) is 54.2 Å². The minimum Gasteiger partial charge on any atom is -0.355 e. The van der Waals surface area contributed by atoms with Gasteiger partial charge in [-0.2, -0.15) is 0 Å². The zero-order valence-electron chi connectivity index (χ0n) is 11.9. The van der Waals surface area contributed by atoms with Gasteiger partial charge in [-0.3, -0.25) is 0 Å². The summed E-state index contributed by atoms with van der Waals surface area (Å²) in [6, 6.07) is 12.5. The standard InChI is InChI=1S/C16H21N3/c1-12-6-4-5-7-15(12)11-19(3)16-9-14(10-17)8-13(2)18-16/h4-9H,10-11,17H2,1-3H3. The Bertz CT molecular complexity index is 564. The Morgan fingerprint density at radius 2 is 1.89 bits per heavy atom. The molecule has 1 aromatic carbocycles. The average molecular weight is 255 g/mol. The quantitative estimate of drug-likeness (QED) is 0.913. The molecule has 100 valence electrons. The molecule has 0 radical (unpaired) electrons. The normalized spacial score (nSPS) is 10.5. The Labute approximate surface area is 115 Å². The summed E-state index contributed by atoms with van der Waals surface area (Å²) < 4.78 is 0. The van der Waals surface area contributed by atoms with Gasteiger partial charge in [0.15, 0.2) is 0 Å². The highest BCUT2D eigenvalue weighted by molar-refractivity contribution is 5.43. The van der Waals surface area contributed by atoms with Gasteiger partial charge in [0.05, 0.1) is 0 Å². The average Bonchev–Trinajstić information content (AvgIpc) is 2.40. The Morgan fingerprint density at radius 3 is 2.58 bits per heavy atom. The molecule has 3 heteroatoms. The maximum Gasteiger partial charge on any atom is 0.129 e. The molecule has 0 unspecified atom stereocenters. The maximum absolute atomic E-state index is 5.72. The number of nitrogens with two attached hydrogens (primary N) is 1. The van der Waals surface area contributed by atoms with E-state index >= 15 is 0 Å². The lowest BCUT2D eigenvalue weighted by Crippen LogP contribution is -2.19. The second-order valence-corrected chi connectivity index (χ2v) is 4.96. The summed E-state index contributed by atoms with van der Waals surface area (Å²) in [5.74, 6) is 0.976. The van der Waals surface area contributed by atoms with Crippen LogP contribution in [0.5, 0.6) is 0 Å². The highest BCUT2D eigenvalue weighted by Gasteiger charge is 2.07. The molecule has 0 aliphatic carbocycles. The third-order valence-electron chi connectivity index (χ3n) is 3.30. The Balaban J connectivity index is 2.22. The van der Waals surface area contributed by atoms with E-state index in [1.165, 1.54) is 11.1 Å². The predicted molar refractivity (Wildman–Crippen MR) is 80.2 cm³/mol. The fourth-order valence-corrected chi connectivity index (χ4v) is 2.16. The number of hydrogen-bond acceptors (Lipinski definition) is 3. The number of benzene rings is 1. The Morgan fingerprint density at radius 1 is 1.16 bits per heavy atom. The number of aryl methyl sites for hydroxylation is 2. The van der Waals surface area contributed by atoms with E-state index in [0.717, 1.165) is 23.6 Å². The van der Waals surface area contributed by atoms with E-state index < -0.39 is 0 Å². The summed E-state index contributed by atoms with van der Waals surface area (Å²) in [5, 5.41) is 0. The van der Waals surface area contributed by atoms with Gasteiger partial charge < -0.3 is 10.6 Å². The van der Waals surface area contributed by atoms with Crippen LogP contribution in [0.4, 0.5) is 5.82 Å². The van der Waals surface area contributed by atoms with Gasteiger partial charge in [-0.1, -0.05) is 24.3 Å². The minimum atomic E-state index is 0.550. The van der Waals surface area contributed by atoms with E-state index in [4.69, 9.17) is 5.73 Å². The SMILES string of the molecule is Cc1cc(CN)cc(N(C)Cc2ccccc2C)n1. The molecule has 0 aliphatic heterocycles. The van der Waals surface area contributed by atoms with Crippen molar-refractivity contribution in [3.8, 4) is 0 Å². The van der Waals surface area contributed by atoms with Crippen LogP contribution >= 0.6 is 0 Å². The second-order valence-electron chi connectivity index (χ2n) is 4.96. The van der Waals surface area contributed by atoms with Gasteiger partial charge in [0.25, 0.3) is 0 Å². The number of nitrogens with zero attached hydrogens (tertiary/aromatic N) is 2. The summed E-state index contributed by atoms with van der Waals surface area (Å²) in [4.78, 5) is 6.74. The molecule has 0 saturated carbocycles. The molecule has 0 saturated heterocycles. The monoisotopic (exact) mass is 255 g/mol. The number of anilines is 1. The van der Waals surface area contributed by atoms with Crippen LogP contribution in [0.15, 0.2) is 36.4 Å². The highest BCUT2D eigenvalue weighted by atomic mass is 15.2. The highest BCUT2D eigenvalue weighted by Crippen LogP contribution is 2.17. The van der Waals surface area contributed by atoms with Gasteiger partial charge in [0, 0.05) is 25.8 Å². The molecule has 0 fully saturated rings. The van der Waals surface area contributed by atoms with Crippen molar-refractivity contribution in [2.24, 2.45) is 5.73 Å². The molecule has 0 atom stereocenters. The minimum absolute atomic E-state index is 0.550. The Kier molecular flexibility index (Phi) is 4.17. The third kappa shape index (κ3) is 3.32. The molecule has 0 bridgehead atoms. The van der Waals surface area contributed by atoms with Crippen LogP contribution < -0.4 is 10.6 Å². The summed E-state index contributed by atoms with van der Waals surface area (Å²) in [6.07, 6.45) is 0. The van der Waals surface area contributed by atoms with Gasteiger partial charge in [0.1, 0.15) is 5.82 Å². The van der Waals surface area contributed by atoms with E-state index in [1.807, 2.05) is 13.0 Å². The molecule has 2 rings (SSSR count).